The SMILES string of the molecule is C=Cc1c(NS(=O)(=O)c2cccc(OC)c2)cc(Cl)c(O)c1C=C. The Morgan fingerprint density at radius 1 is 1.21 bits per heavy atom. The molecule has 2 aromatic rings. The Kier molecular flexibility index (Phi) is 5.21. The van der Waals surface area contributed by atoms with Crippen molar-refractivity contribution in [3.8, 4) is 11.5 Å². The number of aromatic hydroxyl groups is 1. The molecule has 0 aliphatic heterocycles. The highest BCUT2D eigenvalue weighted by Gasteiger charge is 2.19. The molecule has 0 unspecified atom stereocenters. The minimum atomic E-state index is -3.89. The molecular formula is C17H16ClNO4S. The lowest BCUT2D eigenvalue weighted by Gasteiger charge is -2.15. The van der Waals surface area contributed by atoms with Crippen molar-refractivity contribution in [2.75, 3.05) is 11.8 Å². The molecule has 0 aromatic heterocycles. The van der Waals surface area contributed by atoms with E-state index < -0.39 is 10.0 Å². The standard InChI is InChI=1S/C17H16ClNO4S/c1-4-13-14(5-2)17(20)15(18)10-16(13)19-24(21,22)12-8-6-7-11(9-12)23-3/h4-10,19-20H,1-2H2,3H3. The van der Waals surface area contributed by atoms with Crippen molar-refractivity contribution in [1.29, 1.82) is 0 Å². The minimum Gasteiger partial charge on any atom is -0.506 e. The van der Waals surface area contributed by atoms with Crippen molar-refractivity contribution < 1.29 is 18.3 Å². The second-order valence-electron chi connectivity index (χ2n) is 4.77. The minimum absolute atomic E-state index is 0.00107. The Morgan fingerprint density at radius 3 is 2.46 bits per heavy atom. The number of anilines is 1. The topological polar surface area (TPSA) is 75.6 Å². The van der Waals surface area contributed by atoms with Crippen molar-refractivity contribution in [2.24, 2.45) is 0 Å². The third-order valence-corrected chi connectivity index (χ3v) is 4.99. The van der Waals surface area contributed by atoms with Crippen LogP contribution in [0, 0.1) is 0 Å². The predicted octanol–water partition coefficient (Wildman–Crippen LogP) is 4.14. The van der Waals surface area contributed by atoms with E-state index in [0.29, 0.717) is 16.9 Å². The normalized spacial score (nSPS) is 10.9. The van der Waals surface area contributed by atoms with Crippen LogP contribution in [0.3, 0.4) is 0 Å². The van der Waals surface area contributed by atoms with Crippen LogP contribution < -0.4 is 9.46 Å². The summed E-state index contributed by atoms with van der Waals surface area (Å²) in [6, 6.07) is 7.36. The molecule has 0 radical (unpaired) electrons. The maximum absolute atomic E-state index is 12.6. The third-order valence-electron chi connectivity index (χ3n) is 3.34. The Bertz CT molecular complexity index is 907. The number of methoxy groups -OCH3 is 1. The molecule has 0 fully saturated rings. The van der Waals surface area contributed by atoms with Crippen LogP contribution in [0.2, 0.25) is 5.02 Å². The first-order valence-corrected chi connectivity index (χ1v) is 8.67. The van der Waals surface area contributed by atoms with E-state index in [-0.39, 0.29) is 21.4 Å². The van der Waals surface area contributed by atoms with Crippen LogP contribution in [0.1, 0.15) is 11.1 Å². The van der Waals surface area contributed by atoms with Crippen molar-refractivity contribution in [3.63, 3.8) is 0 Å². The molecular weight excluding hydrogens is 350 g/mol. The quantitative estimate of drug-likeness (QED) is 0.754. The van der Waals surface area contributed by atoms with Gasteiger partial charge in [-0.2, -0.15) is 0 Å². The molecule has 2 aromatic carbocycles. The Morgan fingerprint density at radius 2 is 1.88 bits per heavy atom. The number of rotatable bonds is 6. The van der Waals surface area contributed by atoms with Gasteiger partial charge in [-0.1, -0.05) is 43.0 Å². The van der Waals surface area contributed by atoms with Gasteiger partial charge in [-0.15, -0.1) is 0 Å². The smallest absolute Gasteiger partial charge is 0.262 e. The van der Waals surface area contributed by atoms with E-state index in [9.17, 15) is 13.5 Å². The van der Waals surface area contributed by atoms with E-state index in [2.05, 4.69) is 17.9 Å². The fraction of sp³-hybridized carbons (Fsp3) is 0.0588. The summed E-state index contributed by atoms with van der Waals surface area (Å²) in [6.45, 7) is 7.24. The largest absolute Gasteiger partial charge is 0.506 e. The van der Waals surface area contributed by atoms with E-state index in [1.54, 1.807) is 12.1 Å². The fourth-order valence-corrected chi connectivity index (χ4v) is 3.47. The van der Waals surface area contributed by atoms with Gasteiger partial charge in [0.2, 0.25) is 0 Å². The highest BCUT2D eigenvalue weighted by Crippen LogP contribution is 2.37. The molecule has 0 saturated heterocycles. The molecule has 0 spiro atoms. The van der Waals surface area contributed by atoms with E-state index in [1.165, 1.54) is 37.5 Å². The molecule has 126 valence electrons. The second kappa shape index (κ2) is 6.98. The summed E-state index contributed by atoms with van der Waals surface area (Å²) in [6.07, 6.45) is 2.79. The average molecular weight is 366 g/mol. The van der Waals surface area contributed by atoms with Crippen LogP contribution in [0.25, 0.3) is 12.2 Å². The maximum Gasteiger partial charge on any atom is 0.262 e. The van der Waals surface area contributed by atoms with Gasteiger partial charge in [0, 0.05) is 17.2 Å². The summed E-state index contributed by atoms with van der Waals surface area (Å²) < 4.78 is 32.7. The summed E-state index contributed by atoms with van der Waals surface area (Å²) in [5.74, 6) is 0.225. The van der Waals surface area contributed by atoms with Gasteiger partial charge in [-0.3, -0.25) is 4.72 Å². The number of halogens is 1. The number of hydrogen-bond donors (Lipinski definition) is 2. The molecule has 0 aliphatic rings. The number of phenolic OH excluding ortho intramolecular Hbond substituents is 1. The van der Waals surface area contributed by atoms with E-state index >= 15 is 0 Å². The summed E-state index contributed by atoms with van der Waals surface area (Å²) in [7, 11) is -2.44. The van der Waals surface area contributed by atoms with Gasteiger partial charge in [0.15, 0.2) is 0 Å². The Labute approximate surface area is 145 Å². The number of benzene rings is 2. The van der Waals surface area contributed by atoms with Gasteiger partial charge in [-0.05, 0) is 18.2 Å². The number of hydrogen-bond acceptors (Lipinski definition) is 4. The number of sulfonamides is 1. The molecule has 7 heteroatoms. The van der Waals surface area contributed by atoms with E-state index in [0.717, 1.165) is 0 Å². The van der Waals surface area contributed by atoms with Gasteiger partial charge in [0.05, 0.1) is 22.7 Å². The summed E-state index contributed by atoms with van der Waals surface area (Å²) in [4.78, 5) is 0.0289. The number of phenols is 1. The van der Waals surface area contributed by atoms with Crippen LogP contribution in [0.4, 0.5) is 5.69 Å². The van der Waals surface area contributed by atoms with Crippen LogP contribution >= 0.6 is 11.6 Å². The van der Waals surface area contributed by atoms with Crippen molar-refractivity contribution in [2.45, 2.75) is 4.90 Å². The molecule has 0 atom stereocenters. The average Bonchev–Trinajstić information content (AvgIpc) is 2.57. The van der Waals surface area contributed by atoms with Crippen LogP contribution in [-0.2, 0) is 10.0 Å². The lowest BCUT2D eigenvalue weighted by molar-refractivity contribution is 0.413. The number of nitrogens with one attached hydrogen (secondary N) is 1. The van der Waals surface area contributed by atoms with Crippen molar-refractivity contribution in [3.05, 3.63) is 59.6 Å². The van der Waals surface area contributed by atoms with Crippen LogP contribution in [-0.4, -0.2) is 20.6 Å². The first kappa shape index (κ1) is 17.9. The molecule has 24 heavy (non-hydrogen) atoms. The molecule has 5 nitrogen and oxygen atoms in total. The zero-order valence-electron chi connectivity index (χ0n) is 12.9. The summed E-state index contributed by atoms with van der Waals surface area (Å²) >= 11 is 5.96. The van der Waals surface area contributed by atoms with Gasteiger partial charge in [0.1, 0.15) is 11.5 Å². The highest BCUT2D eigenvalue weighted by atomic mass is 35.5. The first-order chi connectivity index (χ1) is 11.3. The van der Waals surface area contributed by atoms with Crippen LogP contribution in [0.5, 0.6) is 11.5 Å². The first-order valence-electron chi connectivity index (χ1n) is 6.81. The highest BCUT2D eigenvalue weighted by molar-refractivity contribution is 7.92. The maximum atomic E-state index is 12.6. The molecule has 0 saturated carbocycles. The molecule has 0 heterocycles. The molecule has 2 N–H and O–H groups in total. The van der Waals surface area contributed by atoms with Gasteiger partial charge in [-0.25, -0.2) is 8.42 Å². The van der Waals surface area contributed by atoms with Crippen molar-refractivity contribution in [1.82, 2.24) is 0 Å². The Balaban J connectivity index is 2.55. The molecule has 2 rings (SSSR count). The zero-order chi connectivity index (χ0) is 17.9. The second-order valence-corrected chi connectivity index (χ2v) is 6.86. The Hall–Kier alpha value is -2.44. The molecule has 0 bridgehead atoms. The van der Waals surface area contributed by atoms with Crippen LogP contribution in [0.15, 0.2) is 48.4 Å². The lowest BCUT2D eigenvalue weighted by atomic mass is 10.0. The van der Waals surface area contributed by atoms with Crippen molar-refractivity contribution >= 4 is 39.5 Å². The number of ether oxygens (including phenoxy) is 1. The van der Waals surface area contributed by atoms with Gasteiger partial charge >= 0.3 is 0 Å². The fourth-order valence-electron chi connectivity index (χ4n) is 2.16. The summed E-state index contributed by atoms with van der Waals surface area (Å²) in [5.41, 5.74) is 0.852. The lowest BCUT2D eigenvalue weighted by Crippen LogP contribution is -2.14. The van der Waals surface area contributed by atoms with E-state index in [4.69, 9.17) is 16.3 Å². The monoisotopic (exact) mass is 365 g/mol. The van der Waals surface area contributed by atoms with E-state index in [1.807, 2.05) is 0 Å². The summed E-state index contributed by atoms with van der Waals surface area (Å²) in [5, 5.41) is 9.97. The van der Waals surface area contributed by atoms with Gasteiger partial charge in [0.25, 0.3) is 10.0 Å². The predicted molar refractivity (Wildman–Crippen MR) is 97.1 cm³/mol. The molecule has 0 amide bonds. The zero-order valence-corrected chi connectivity index (χ0v) is 14.5. The molecule has 0 aliphatic carbocycles. The van der Waals surface area contributed by atoms with Gasteiger partial charge < -0.3 is 9.84 Å². The third kappa shape index (κ3) is 3.39.